The van der Waals surface area contributed by atoms with Gasteiger partial charge in [0.2, 0.25) is 10.0 Å². The molecule has 49 heavy (non-hydrogen) atoms. The molecule has 0 atom stereocenters. The van der Waals surface area contributed by atoms with Gasteiger partial charge in [0, 0.05) is 30.7 Å². The molecule has 3 aliphatic rings. The molecular weight excluding hydrogens is 678 g/mol. The molecule has 3 fully saturated rings. The van der Waals surface area contributed by atoms with Crippen LogP contribution in [0.5, 0.6) is 5.75 Å². The molecule has 0 radical (unpaired) electrons. The van der Waals surface area contributed by atoms with Crippen molar-refractivity contribution in [3.05, 3.63) is 46.8 Å². The molecule has 14 heteroatoms. The highest BCUT2D eigenvalue weighted by Gasteiger charge is 2.42. The smallest absolute Gasteiger partial charge is 0.393 e. The molecular formula is C35H43F3N4O5S2. The maximum absolute atomic E-state index is 13.8. The van der Waals surface area contributed by atoms with Crippen LogP contribution in [0.3, 0.4) is 0 Å². The Balaban J connectivity index is 1.14. The number of fused-ring (bicyclic) bond motifs is 1. The molecule has 4 N–H and O–H groups in total. The molecule has 2 aromatic carbocycles. The molecule has 1 aromatic heterocycles. The van der Waals surface area contributed by atoms with E-state index >= 15 is 0 Å². The molecule has 0 amide bonds. The van der Waals surface area contributed by atoms with E-state index in [1.54, 1.807) is 6.07 Å². The standard InChI is InChI=1S/C35H43F3N4O5S2/c1-45-18-19-47-31-20-26(49(39,43)44)11-12-29(31)40-15-3-6-32-28(21-35(36,37)38)27-4-2-5-30(33(27)48-32)41-24-7-9-25(10-8-24)42-16-13-34(14-17-42)22-46-23-34/h2,4-5,11-12,20,24-25,40-41H,7-10,13-19,21-23H2,1H3,(H2,39,43,44). The third kappa shape index (κ3) is 8.82. The molecule has 9 nitrogen and oxygen atoms in total. The van der Waals surface area contributed by atoms with Crippen molar-refractivity contribution in [3.8, 4) is 17.6 Å². The Bertz CT molecular complexity index is 1780. The minimum absolute atomic E-state index is 0.0786. The van der Waals surface area contributed by atoms with Crippen LogP contribution in [0.15, 0.2) is 41.3 Å². The number of methoxy groups -OCH3 is 1. The number of benzene rings is 2. The van der Waals surface area contributed by atoms with Crippen molar-refractivity contribution in [1.82, 2.24) is 4.90 Å². The number of nitrogens with two attached hydrogens (primary N) is 1. The lowest BCUT2D eigenvalue weighted by Crippen LogP contribution is -2.53. The number of hydrogen-bond donors (Lipinski definition) is 3. The van der Waals surface area contributed by atoms with Crippen LogP contribution in [0.25, 0.3) is 10.1 Å². The van der Waals surface area contributed by atoms with Crippen LogP contribution in [0.1, 0.15) is 49.0 Å². The summed E-state index contributed by atoms with van der Waals surface area (Å²) in [5, 5.41) is 12.6. The number of ether oxygens (including phenoxy) is 3. The van der Waals surface area contributed by atoms with Crippen LogP contribution in [0.4, 0.5) is 24.5 Å². The Labute approximate surface area is 289 Å². The summed E-state index contributed by atoms with van der Waals surface area (Å²) < 4.78 is 82.0. The summed E-state index contributed by atoms with van der Waals surface area (Å²) in [6, 6.07) is 10.5. The quantitative estimate of drug-likeness (QED) is 0.164. The van der Waals surface area contributed by atoms with E-state index in [9.17, 15) is 21.6 Å². The van der Waals surface area contributed by atoms with Gasteiger partial charge in [-0.25, -0.2) is 13.6 Å². The minimum atomic E-state index is -4.40. The summed E-state index contributed by atoms with van der Waals surface area (Å²) in [7, 11) is -2.44. The van der Waals surface area contributed by atoms with Crippen LogP contribution in [-0.2, 0) is 25.9 Å². The van der Waals surface area contributed by atoms with Gasteiger partial charge < -0.3 is 29.7 Å². The number of hydrogen-bond acceptors (Lipinski definition) is 9. The summed E-state index contributed by atoms with van der Waals surface area (Å²) in [6.07, 6.45) is 1.19. The van der Waals surface area contributed by atoms with Crippen molar-refractivity contribution in [2.45, 2.75) is 68.1 Å². The minimum Gasteiger partial charge on any atom is -0.489 e. The second-order valence-electron chi connectivity index (χ2n) is 13.3. The molecule has 1 aliphatic carbocycles. The zero-order valence-corrected chi connectivity index (χ0v) is 29.2. The lowest BCUT2D eigenvalue weighted by molar-refractivity contribution is -0.143. The Hall–Kier alpha value is -3.06. The van der Waals surface area contributed by atoms with Crippen molar-refractivity contribution in [1.29, 1.82) is 0 Å². The summed E-state index contributed by atoms with van der Waals surface area (Å²) in [5.74, 6) is 6.17. The third-order valence-electron chi connectivity index (χ3n) is 9.84. The van der Waals surface area contributed by atoms with E-state index in [4.69, 9.17) is 19.3 Å². The van der Waals surface area contributed by atoms with Crippen LogP contribution < -0.4 is 20.5 Å². The van der Waals surface area contributed by atoms with E-state index < -0.39 is 22.6 Å². The first kappa shape index (κ1) is 35.8. The Morgan fingerprint density at radius 1 is 1.08 bits per heavy atom. The van der Waals surface area contributed by atoms with E-state index in [0.29, 0.717) is 27.4 Å². The highest BCUT2D eigenvalue weighted by atomic mass is 32.2. The van der Waals surface area contributed by atoms with Gasteiger partial charge in [-0.1, -0.05) is 24.0 Å². The molecule has 3 aromatic rings. The predicted octanol–water partition coefficient (Wildman–Crippen LogP) is 5.98. The van der Waals surface area contributed by atoms with Crippen molar-refractivity contribution in [2.75, 3.05) is 63.8 Å². The zero-order chi connectivity index (χ0) is 34.6. The van der Waals surface area contributed by atoms with Crippen molar-refractivity contribution in [2.24, 2.45) is 10.6 Å². The number of nitrogens with one attached hydrogen (secondary N) is 2. The third-order valence-corrected chi connectivity index (χ3v) is 11.9. The second-order valence-corrected chi connectivity index (χ2v) is 15.8. The van der Waals surface area contributed by atoms with Gasteiger partial charge in [0.15, 0.2) is 0 Å². The highest BCUT2D eigenvalue weighted by molar-refractivity contribution is 7.89. The lowest BCUT2D eigenvalue weighted by atomic mass is 9.76. The van der Waals surface area contributed by atoms with Crippen LogP contribution in [0.2, 0.25) is 0 Å². The maximum atomic E-state index is 13.8. The van der Waals surface area contributed by atoms with Gasteiger partial charge in [0.05, 0.1) is 58.6 Å². The van der Waals surface area contributed by atoms with E-state index in [2.05, 4.69) is 27.4 Å². The molecule has 0 unspecified atom stereocenters. The largest absolute Gasteiger partial charge is 0.489 e. The van der Waals surface area contributed by atoms with Gasteiger partial charge in [-0.15, -0.1) is 11.3 Å². The fraction of sp³-hybridized carbons (Fsp3) is 0.543. The van der Waals surface area contributed by atoms with Crippen LogP contribution >= 0.6 is 11.3 Å². The number of likely N-dealkylation sites (tertiary alicyclic amines) is 1. The SMILES string of the molecule is COCCOc1cc(S(N)(=O)=O)ccc1NCC#Cc1sc2c(NC3CCC(N4CCC5(CC4)COC5)CC3)cccc2c1CC(F)(F)F. The lowest BCUT2D eigenvalue weighted by Gasteiger charge is -2.49. The van der Waals surface area contributed by atoms with E-state index in [1.807, 2.05) is 12.1 Å². The fourth-order valence-corrected chi connectivity index (χ4v) is 8.75. The molecule has 2 saturated heterocycles. The first-order valence-electron chi connectivity index (χ1n) is 16.6. The maximum Gasteiger partial charge on any atom is 0.393 e. The Morgan fingerprint density at radius 3 is 2.49 bits per heavy atom. The molecule has 6 rings (SSSR count). The number of alkyl halides is 3. The summed E-state index contributed by atoms with van der Waals surface area (Å²) >= 11 is 1.28. The van der Waals surface area contributed by atoms with E-state index in [0.717, 1.165) is 62.4 Å². The number of thiophene rings is 1. The number of halogens is 3. The van der Waals surface area contributed by atoms with Crippen molar-refractivity contribution >= 4 is 42.8 Å². The number of nitrogens with zero attached hydrogens (tertiary/aromatic N) is 1. The van der Waals surface area contributed by atoms with Gasteiger partial charge in [-0.2, -0.15) is 13.2 Å². The van der Waals surface area contributed by atoms with Gasteiger partial charge in [-0.05, 0) is 80.8 Å². The number of anilines is 2. The van der Waals surface area contributed by atoms with Crippen molar-refractivity contribution < 1.29 is 35.8 Å². The molecule has 3 heterocycles. The van der Waals surface area contributed by atoms with Crippen LogP contribution in [-0.4, -0.2) is 84.7 Å². The average Bonchev–Trinajstić information content (AvgIpc) is 3.39. The van der Waals surface area contributed by atoms with E-state index in [-0.39, 0.29) is 42.0 Å². The fourth-order valence-electron chi connectivity index (χ4n) is 7.05. The average molecular weight is 721 g/mol. The molecule has 1 spiro atoms. The normalized spacial score (nSPS) is 21.2. The topological polar surface area (TPSA) is 115 Å². The van der Waals surface area contributed by atoms with Gasteiger partial charge in [0.1, 0.15) is 12.4 Å². The van der Waals surface area contributed by atoms with Crippen LogP contribution in [0, 0.1) is 17.3 Å². The zero-order valence-electron chi connectivity index (χ0n) is 27.5. The second kappa shape index (κ2) is 15.0. The number of primary sulfonamides is 1. The number of piperidine rings is 1. The molecule has 266 valence electrons. The number of rotatable bonds is 11. The van der Waals surface area contributed by atoms with Gasteiger partial charge in [-0.3, -0.25) is 0 Å². The van der Waals surface area contributed by atoms with Gasteiger partial charge >= 0.3 is 6.18 Å². The first-order valence-corrected chi connectivity index (χ1v) is 19.0. The first-order chi connectivity index (χ1) is 23.4. The predicted molar refractivity (Wildman–Crippen MR) is 186 cm³/mol. The van der Waals surface area contributed by atoms with Gasteiger partial charge in [0.25, 0.3) is 0 Å². The number of sulfonamides is 1. The summed E-state index contributed by atoms with van der Waals surface area (Å²) in [4.78, 5) is 2.90. The monoisotopic (exact) mass is 720 g/mol. The Morgan fingerprint density at radius 2 is 1.84 bits per heavy atom. The molecule has 1 saturated carbocycles. The molecule has 2 aliphatic heterocycles. The van der Waals surface area contributed by atoms with E-state index in [1.165, 1.54) is 49.5 Å². The summed E-state index contributed by atoms with van der Waals surface area (Å²) in [5.41, 5.74) is 1.90. The molecule has 0 bridgehead atoms. The summed E-state index contributed by atoms with van der Waals surface area (Å²) in [6.45, 7) is 4.61. The highest BCUT2D eigenvalue weighted by Crippen LogP contribution is 2.42. The Kier molecular flexibility index (Phi) is 11.0. The van der Waals surface area contributed by atoms with Crippen molar-refractivity contribution in [3.63, 3.8) is 0 Å².